The molecule has 1 aromatic rings. The summed E-state index contributed by atoms with van der Waals surface area (Å²) in [7, 11) is 2.09. The molecular formula is C14H24N4. The molecule has 1 aliphatic heterocycles. The van der Waals surface area contributed by atoms with Gasteiger partial charge in [0.05, 0.1) is 12.0 Å². The predicted molar refractivity (Wildman–Crippen MR) is 72.2 cm³/mol. The van der Waals surface area contributed by atoms with E-state index in [0.29, 0.717) is 6.04 Å². The maximum atomic E-state index is 4.22. The van der Waals surface area contributed by atoms with Gasteiger partial charge in [-0.15, -0.1) is 0 Å². The van der Waals surface area contributed by atoms with Crippen LogP contribution in [-0.2, 0) is 13.6 Å². The van der Waals surface area contributed by atoms with E-state index in [2.05, 4.69) is 26.8 Å². The molecule has 1 saturated heterocycles. The third-order valence-electron chi connectivity index (χ3n) is 4.16. The highest BCUT2D eigenvalue weighted by Crippen LogP contribution is 2.30. The van der Waals surface area contributed by atoms with Gasteiger partial charge in [-0.3, -0.25) is 4.90 Å². The zero-order valence-electron chi connectivity index (χ0n) is 11.3. The summed E-state index contributed by atoms with van der Waals surface area (Å²) in [4.78, 5) is 6.84. The smallest absolute Gasteiger partial charge is 0.0945 e. The summed E-state index contributed by atoms with van der Waals surface area (Å²) in [6.45, 7) is 4.71. The van der Waals surface area contributed by atoms with Crippen molar-refractivity contribution < 1.29 is 0 Å². The van der Waals surface area contributed by atoms with Crippen molar-refractivity contribution in [3.8, 4) is 0 Å². The molecule has 1 atom stereocenters. The maximum Gasteiger partial charge on any atom is 0.0945 e. The number of nitrogens with zero attached hydrogens (tertiary/aromatic N) is 3. The zero-order chi connectivity index (χ0) is 12.4. The van der Waals surface area contributed by atoms with Gasteiger partial charge in [0.25, 0.3) is 0 Å². The van der Waals surface area contributed by atoms with Gasteiger partial charge in [0.15, 0.2) is 0 Å². The molecular weight excluding hydrogens is 224 g/mol. The fourth-order valence-electron chi connectivity index (χ4n) is 2.86. The molecule has 100 valence electrons. The third kappa shape index (κ3) is 3.12. The van der Waals surface area contributed by atoms with E-state index < -0.39 is 0 Å². The fourth-order valence-corrected chi connectivity index (χ4v) is 2.86. The van der Waals surface area contributed by atoms with E-state index in [1.165, 1.54) is 51.0 Å². The number of imidazole rings is 1. The van der Waals surface area contributed by atoms with Crippen LogP contribution in [0.3, 0.4) is 0 Å². The van der Waals surface area contributed by atoms with Gasteiger partial charge in [-0.05, 0) is 38.1 Å². The molecule has 0 amide bonds. The molecule has 0 aromatic carbocycles. The average Bonchev–Trinajstić information content (AvgIpc) is 2.84. The molecule has 1 unspecified atom stereocenters. The van der Waals surface area contributed by atoms with Crippen molar-refractivity contribution >= 4 is 0 Å². The van der Waals surface area contributed by atoms with Gasteiger partial charge in [0, 0.05) is 38.9 Å². The normalized spacial score (nSPS) is 24.0. The molecule has 4 nitrogen and oxygen atoms in total. The quantitative estimate of drug-likeness (QED) is 0.826. The zero-order valence-corrected chi connectivity index (χ0v) is 11.3. The second-order valence-electron chi connectivity index (χ2n) is 5.93. The average molecular weight is 248 g/mol. The number of hydrogen-bond donors (Lipinski definition) is 1. The lowest BCUT2D eigenvalue weighted by atomic mass is 10.2. The van der Waals surface area contributed by atoms with Crippen molar-refractivity contribution in [1.29, 1.82) is 0 Å². The van der Waals surface area contributed by atoms with E-state index in [1.54, 1.807) is 0 Å². The van der Waals surface area contributed by atoms with Crippen molar-refractivity contribution in [1.82, 2.24) is 19.8 Å². The molecule has 3 rings (SSSR count). The van der Waals surface area contributed by atoms with E-state index in [4.69, 9.17) is 0 Å². The summed E-state index contributed by atoms with van der Waals surface area (Å²) in [6.07, 6.45) is 9.45. The van der Waals surface area contributed by atoms with Crippen molar-refractivity contribution in [3.63, 3.8) is 0 Å². The number of hydrogen-bond acceptors (Lipinski definition) is 3. The van der Waals surface area contributed by atoms with Crippen LogP contribution in [0.25, 0.3) is 0 Å². The summed E-state index contributed by atoms with van der Waals surface area (Å²) in [6, 6.07) is 0.706. The van der Waals surface area contributed by atoms with Crippen LogP contribution in [0.1, 0.15) is 31.4 Å². The first-order valence-corrected chi connectivity index (χ1v) is 7.22. The molecule has 1 N–H and O–H groups in total. The molecule has 2 aliphatic rings. The van der Waals surface area contributed by atoms with Gasteiger partial charge in [0.2, 0.25) is 0 Å². The Kier molecular flexibility index (Phi) is 3.66. The maximum absolute atomic E-state index is 4.22. The Balaban J connectivity index is 1.59. The first-order chi connectivity index (χ1) is 8.81. The van der Waals surface area contributed by atoms with Crippen molar-refractivity contribution in [2.24, 2.45) is 13.0 Å². The van der Waals surface area contributed by atoms with Crippen LogP contribution < -0.4 is 5.32 Å². The van der Waals surface area contributed by atoms with E-state index in [0.717, 1.165) is 12.5 Å². The van der Waals surface area contributed by atoms with Crippen LogP contribution in [0.2, 0.25) is 0 Å². The van der Waals surface area contributed by atoms with E-state index in [9.17, 15) is 0 Å². The van der Waals surface area contributed by atoms with Crippen LogP contribution >= 0.6 is 0 Å². The molecule has 0 spiro atoms. The minimum absolute atomic E-state index is 0.706. The minimum Gasteiger partial charge on any atom is -0.337 e. The molecule has 1 aliphatic carbocycles. The number of nitrogens with one attached hydrogen (secondary N) is 1. The molecule has 0 bridgehead atoms. The van der Waals surface area contributed by atoms with Crippen LogP contribution in [-0.4, -0.2) is 40.1 Å². The van der Waals surface area contributed by atoms with Crippen LogP contribution in [0.15, 0.2) is 12.5 Å². The Labute approximate surface area is 109 Å². The lowest BCUT2D eigenvalue weighted by Gasteiger charge is -2.25. The Morgan fingerprint density at radius 2 is 2.28 bits per heavy atom. The molecule has 4 heteroatoms. The minimum atomic E-state index is 0.706. The summed E-state index contributed by atoms with van der Waals surface area (Å²) in [5.41, 5.74) is 1.33. The van der Waals surface area contributed by atoms with Gasteiger partial charge in [-0.25, -0.2) is 4.98 Å². The highest BCUT2D eigenvalue weighted by Gasteiger charge is 2.26. The summed E-state index contributed by atoms with van der Waals surface area (Å²) in [5.74, 6) is 0.958. The van der Waals surface area contributed by atoms with Crippen molar-refractivity contribution in [2.45, 2.75) is 38.3 Å². The first-order valence-electron chi connectivity index (χ1n) is 7.22. The second-order valence-corrected chi connectivity index (χ2v) is 5.93. The van der Waals surface area contributed by atoms with Crippen molar-refractivity contribution in [3.05, 3.63) is 18.2 Å². The molecule has 1 aromatic heterocycles. The predicted octanol–water partition coefficient (Wildman–Crippen LogP) is 1.38. The second kappa shape index (κ2) is 5.41. The highest BCUT2D eigenvalue weighted by atomic mass is 15.2. The molecule has 2 heterocycles. The number of aryl methyl sites for hydroxylation is 1. The molecule has 0 radical (unpaired) electrons. The standard InChI is InChI=1S/C14H24N4/c1-17-11-15-7-14(17)10-18(8-12-4-5-12)9-13-3-2-6-16-13/h7,11-13,16H,2-6,8-10H2,1H3. The summed E-state index contributed by atoms with van der Waals surface area (Å²) in [5, 5.41) is 3.61. The van der Waals surface area contributed by atoms with Crippen LogP contribution in [0, 0.1) is 5.92 Å². The molecule has 2 fully saturated rings. The van der Waals surface area contributed by atoms with Gasteiger partial charge in [-0.1, -0.05) is 0 Å². The number of aromatic nitrogens is 2. The Morgan fingerprint density at radius 3 is 2.89 bits per heavy atom. The van der Waals surface area contributed by atoms with Crippen LogP contribution in [0.4, 0.5) is 0 Å². The Hall–Kier alpha value is -0.870. The molecule has 1 saturated carbocycles. The topological polar surface area (TPSA) is 33.1 Å². The Bertz CT molecular complexity index is 377. The first kappa shape index (κ1) is 12.2. The molecule has 18 heavy (non-hydrogen) atoms. The van der Waals surface area contributed by atoms with E-state index in [-0.39, 0.29) is 0 Å². The summed E-state index contributed by atoms with van der Waals surface area (Å²) < 4.78 is 2.14. The monoisotopic (exact) mass is 248 g/mol. The lowest BCUT2D eigenvalue weighted by molar-refractivity contribution is 0.227. The van der Waals surface area contributed by atoms with E-state index in [1.807, 2.05) is 12.5 Å². The van der Waals surface area contributed by atoms with Crippen molar-refractivity contribution in [2.75, 3.05) is 19.6 Å². The fraction of sp³-hybridized carbons (Fsp3) is 0.786. The number of rotatable bonds is 6. The van der Waals surface area contributed by atoms with Gasteiger partial charge >= 0.3 is 0 Å². The lowest BCUT2D eigenvalue weighted by Crippen LogP contribution is -2.38. The third-order valence-corrected chi connectivity index (χ3v) is 4.16. The van der Waals surface area contributed by atoms with Gasteiger partial charge in [0.1, 0.15) is 0 Å². The SMILES string of the molecule is Cn1cncc1CN(CC1CC1)CC1CCCN1. The van der Waals surface area contributed by atoms with Gasteiger partial charge < -0.3 is 9.88 Å². The van der Waals surface area contributed by atoms with E-state index >= 15 is 0 Å². The Morgan fingerprint density at radius 1 is 1.39 bits per heavy atom. The highest BCUT2D eigenvalue weighted by molar-refractivity contribution is 4.98. The summed E-state index contributed by atoms with van der Waals surface area (Å²) >= 11 is 0. The largest absolute Gasteiger partial charge is 0.337 e. The van der Waals surface area contributed by atoms with Gasteiger partial charge in [-0.2, -0.15) is 0 Å². The van der Waals surface area contributed by atoms with Crippen LogP contribution in [0.5, 0.6) is 0 Å².